The molecule has 3 aromatic carbocycles. The van der Waals surface area contributed by atoms with Crippen LogP contribution in [0.2, 0.25) is 0 Å². The topological polar surface area (TPSA) is 79.4 Å². The maximum absolute atomic E-state index is 14.2. The van der Waals surface area contributed by atoms with Gasteiger partial charge in [-0.15, -0.1) is 22.9 Å². The van der Waals surface area contributed by atoms with Crippen LogP contribution in [-0.2, 0) is 20.9 Å². The van der Waals surface area contributed by atoms with Crippen molar-refractivity contribution in [1.29, 1.82) is 0 Å². The summed E-state index contributed by atoms with van der Waals surface area (Å²) in [5.74, 6) is 0.342. The Balaban J connectivity index is 1.33. The Hall–Kier alpha value is -4.34. The predicted octanol–water partition coefficient (Wildman–Crippen LogP) is 6.72. The number of thiophene rings is 1. The molecule has 43 heavy (non-hydrogen) atoms. The first-order chi connectivity index (χ1) is 20.9. The van der Waals surface area contributed by atoms with E-state index in [1.807, 2.05) is 85.1 Å². The molecule has 1 aliphatic rings. The third-order valence-electron chi connectivity index (χ3n) is 7.16. The summed E-state index contributed by atoms with van der Waals surface area (Å²) in [4.78, 5) is 45.9. The van der Waals surface area contributed by atoms with Crippen LogP contribution in [0.3, 0.4) is 0 Å². The number of alkyl halides is 1. The molecule has 3 amide bonds. The monoisotopic (exact) mass is 617 g/mol. The summed E-state index contributed by atoms with van der Waals surface area (Å²) in [5, 5.41) is 1.87. The average Bonchev–Trinajstić information content (AvgIpc) is 3.58. The van der Waals surface area contributed by atoms with Crippen LogP contribution in [0.1, 0.15) is 23.4 Å². The van der Waals surface area contributed by atoms with E-state index in [1.165, 1.54) is 16.2 Å². The lowest BCUT2D eigenvalue weighted by atomic mass is 10.1. The SMILES string of the molecule is CC1CN(C(=O)C(c2cccs2)N(C(=O)CCl)c2ccc(Oc3ccccc3)cc2)CCN1C(=O)OCc1ccccc1. The lowest BCUT2D eigenvalue weighted by molar-refractivity contribution is -0.136. The molecular weight excluding hydrogens is 586 g/mol. The first-order valence-corrected chi connectivity index (χ1v) is 15.4. The van der Waals surface area contributed by atoms with Gasteiger partial charge in [0.2, 0.25) is 5.91 Å². The standard InChI is InChI=1S/C33H32ClN3O5S/c1-24-22-35(18-19-36(24)33(40)41-23-25-9-4-2-5-10-25)32(39)31(29-13-8-20-43-29)37(30(38)21-34)26-14-16-28(17-15-26)42-27-11-6-3-7-12-27/h2-17,20,24,31H,18-19,21-23H2,1H3. The zero-order valence-electron chi connectivity index (χ0n) is 23.7. The maximum Gasteiger partial charge on any atom is 0.410 e. The molecule has 10 heteroatoms. The van der Waals surface area contributed by atoms with Crippen LogP contribution >= 0.6 is 22.9 Å². The van der Waals surface area contributed by atoms with E-state index in [0.717, 1.165) is 5.56 Å². The Morgan fingerprint density at radius 2 is 1.58 bits per heavy atom. The van der Waals surface area contributed by atoms with Gasteiger partial charge in [0, 0.05) is 36.2 Å². The minimum Gasteiger partial charge on any atom is -0.457 e. The molecule has 4 aromatic rings. The van der Waals surface area contributed by atoms with E-state index < -0.39 is 18.0 Å². The molecule has 1 aromatic heterocycles. The highest BCUT2D eigenvalue weighted by Gasteiger charge is 2.39. The number of benzene rings is 3. The summed E-state index contributed by atoms with van der Waals surface area (Å²) in [5.41, 5.74) is 1.42. The quantitative estimate of drug-likeness (QED) is 0.195. The van der Waals surface area contributed by atoms with E-state index in [-0.39, 0.29) is 24.4 Å². The Morgan fingerprint density at radius 1 is 0.907 bits per heavy atom. The number of carbonyl (C=O) groups is 3. The van der Waals surface area contributed by atoms with Crippen molar-refractivity contribution in [3.8, 4) is 11.5 Å². The summed E-state index contributed by atoms with van der Waals surface area (Å²) < 4.78 is 11.5. The zero-order chi connectivity index (χ0) is 30.2. The van der Waals surface area contributed by atoms with E-state index >= 15 is 0 Å². The lowest BCUT2D eigenvalue weighted by Gasteiger charge is -2.41. The van der Waals surface area contributed by atoms with Crippen LogP contribution in [0.25, 0.3) is 0 Å². The van der Waals surface area contributed by atoms with E-state index in [9.17, 15) is 14.4 Å². The Kier molecular flexibility index (Phi) is 9.96. The molecule has 8 nitrogen and oxygen atoms in total. The molecule has 222 valence electrons. The smallest absolute Gasteiger partial charge is 0.410 e. The fraction of sp³-hybridized carbons (Fsp3) is 0.242. The van der Waals surface area contributed by atoms with Gasteiger partial charge in [-0.3, -0.25) is 14.5 Å². The highest BCUT2D eigenvalue weighted by Crippen LogP contribution is 2.34. The highest BCUT2D eigenvalue weighted by atomic mass is 35.5. The minimum atomic E-state index is -0.920. The number of piperazine rings is 1. The molecule has 0 saturated carbocycles. The summed E-state index contributed by atoms with van der Waals surface area (Å²) >= 11 is 7.48. The van der Waals surface area contributed by atoms with Gasteiger partial charge >= 0.3 is 6.09 Å². The van der Waals surface area contributed by atoms with Crippen molar-refractivity contribution in [3.63, 3.8) is 0 Å². The van der Waals surface area contributed by atoms with Gasteiger partial charge in [-0.05, 0) is 60.3 Å². The largest absolute Gasteiger partial charge is 0.457 e. The second kappa shape index (κ2) is 14.2. The lowest BCUT2D eigenvalue weighted by Crippen LogP contribution is -2.57. The van der Waals surface area contributed by atoms with Crippen molar-refractivity contribution >= 4 is 46.5 Å². The molecule has 0 radical (unpaired) electrons. The van der Waals surface area contributed by atoms with Gasteiger partial charge < -0.3 is 19.3 Å². The van der Waals surface area contributed by atoms with E-state index in [0.29, 0.717) is 41.7 Å². The molecular formula is C33H32ClN3O5S. The Morgan fingerprint density at radius 3 is 2.21 bits per heavy atom. The maximum atomic E-state index is 14.2. The zero-order valence-corrected chi connectivity index (χ0v) is 25.2. The number of amides is 3. The van der Waals surface area contributed by atoms with Crippen LogP contribution in [0.4, 0.5) is 10.5 Å². The van der Waals surface area contributed by atoms with Gasteiger partial charge in [-0.1, -0.05) is 54.6 Å². The third kappa shape index (κ3) is 7.36. The van der Waals surface area contributed by atoms with Gasteiger partial charge in [0.25, 0.3) is 5.91 Å². The molecule has 1 aliphatic heterocycles. The molecule has 0 aliphatic carbocycles. The molecule has 1 saturated heterocycles. The van der Waals surface area contributed by atoms with E-state index in [4.69, 9.17) is 21.1 Å². The number of para-hydroxylation sites is 1. The van der Waals surface area contributed by atoms with Crippen LogP contribution in [-0.4, -0.2) is 59.3 Å². The third-order valence-corrected chi connectivity index (χ3v) is 8.31. The molecule has 0 N–H and O–H groups in total. The van der Waals surface area contributed by atoms with E-state index in [1.54, 1.807) is 34.1 Å². The second-order valence-corrected chi connectivity index (χ2v) is 11.3. The number of carbonyl (C=O) groups excluding carboxylic acids is 3. The van der Waals surface area contributed by atoms with Gasteiger partial charge in [-0.2, -0.15) is 0 Å². The fourth-order valence-electron chi connectivity index (χ4n) is 5.01. The van der Waals surface area contributed by atoms with Crippen molar-refractivity contribution in [3.05, 3.63) is 113 Å². The van der Waals surface area contributed by atoms with Crippen molar-refractivity contribution in [2.75, 3.05) is 30.4 Å². The van der Waals surface area contributed by atoms with Gasteiger partial charge in [0.1, 0.15) is 30.0 Å². The summed E-state index contributed by atoms with van der Waals surface area (Å²) in [6.07, 6.45) is -0.421. The Labute approximate surface area is 260 Å². The first kappa shape index (κ1) is 30.1. The highest BCUT2D eigenvalue weighted by molar-refractivity contribution is 7.10. The Bertz CT molecular complexity index is 1500. The molecule has 1 fully saturated rings. The van der Waals surface area contributed by atoms with Crippen molar-refractivity contribution < 1.29 is 23.9 Å². The van der Waals surface area contributed by atoms with Gasteiger partial charge in [0.05, 0.1) is 0 Å². The summed E-state index contributed by atoms with van der Waals surface area (Å²) in [6, 6.07) is 28.4. The van der Waals surface area contributed by atoms with Crippen LogP contribution in [0, 0.1) is 0 Å². The molecule has 2 heterocycles. The van der Waals surface area contributed by atoms with Crippen molar-refractivity contribution in [2.45, 2.75) is 25.6 Å². The molecule has 2 atom stereocenters. The summed E-state index contributed by atoms with van der Waals surface area (Å²) in [7, 11) is 0. The predicted molar refractivity (Wildman–Crippen MR) is 168 cm³/mol. The minimum absolute atomic E-state index is 0.177. The van der Waals surface area contributed by atoms with Crippen molar-refractivity contribution in [1.82, 2.24) is 9.80 Å². The molecule has 0 spiro atoms. The fourth-order valence-corrected chi connectivity index (χ4v) is 5.95. The number of rotatable bonds is 9. The van der Waals surface area contributed by atoms with Crippen LogP contribution in [0.5, 0.6) is 11.5 Å². The number of ether oxygens (including phenoxy) is 2. The number of halogens is 1. The number of hydrogen-bond acceptors (Lipinski definition) is 6. The van der Waals surface area contributed by atoms with Gasteiger partial charge in [-0.25, -0.2) is 4.79 Å². The summed E-state index contributed by atoms with van der Waals surface area (Å²) in [6.45, 7) is 2.98. The number of hydrogen-bond donors (Lipinski definition) is 0. The number of anilines is 1. The van der Waals surface area contributed by atoms with Crippen molar-refractivity contribution in [2.24, 2.45) is 0 Å². The first-order valence-electron chi connectivity index (χ1n) is 13.9. The van der Waals surface area contributed by atoms with Gasteiger partial charge in [0.15, 0.2) is 0 Å². The molecule has 2 unspecified atom stereocenters. The average molecular weight is 618 g/mol. The second-order valence-electron chi connectivity index (χ2n) is 10.1. The molecule has 0 bridgehead atoms. The van der Waals surface area contributed by atoms with Crippen LogP contribution in [0.15, 0.2) is 102 Å². The number of nitrogens with zero attached hydrogens (tertiary/aromatic N) is 3. The van der Waals surface area contributed by atoms with Crippen LogP contribution < -0.4 is 9.64 Å². The molecule has 5 rings (SSSR count). The normalized spacial score (nSPS) is 15.4. The van der Waals surface area contributed by atoms with E-state index in [2.05, 4.69) is 0 Å².